The Morgan fingerprint density at radius 1 is 0.778 bits per heavy atom. The van der Waals surface area contributed by atoms with Gasteiger partial charge in [0.25, 0.3) is 0 Å². The molecule has 0 heterocycles. The molecule has 2 rings (SSSR count). The lowest BCUT2D eigenvalue weighted by atomic mass is 10.1. The standard InChI is InChI=1S/C19H26N2O4S2/c1-2-3-4-5-6-16-7-13-19(14-8-16)27(24,25)21-15-17-9-11-18(12-10-17)26(20,22)23/h7-14,21H,2-6,15H2,1H3,(H2,20,22,23). The fourth-order valence-corrected chi connectivity index (χ4v) is 4.18. The molecule has 0 saturated carbocycles. The van der Waals surface area contributed by atoms with Gasteiger partial charge < -0.3 is 0 Å². The number of nitrogens with two attached hydrogens (primary N) is 1. The van der Waals surface area contributed by atoms with E-state index in [2.05, 4.69) is 11.6 Å². The number of unbranched alkanes of at least 4 members (excludes halogenated alkanes) is 3. The zero-order chi connectivity index (χ0) is 19.9. The first-order valence-electron chi connectivity index (χ1n) is 8.93. The molecule has 8 heteroatoms. The van der Waals surface area contributed by atoms with E-state index >= 15 is 0 Å². The van der Waals surface area contributed by atoms with E-state index in [-0.39, 0.29) is 16.3 Å². The quantitative estimate of drug-likeness (QED) is 0.587. The highest BCUT2D eigenvalue weighted by atomic mass is 32.2. The summed E-state index contributed by atoms with van der Waals surface area (Å²) in [7, 11) is -7.39. The maximum absolute atomic E-state index is 12.4. The molecule has 0 aromatic heterocycles. The Hall–Kier alpha value is -1.74. The lowest BCUT2D eigenvalue weighted by Gasteiger charge is -2.08. The second-order valence-electron chi connectivity index (χ2n) is 6.47. The number of rotatable bonds is 10. The third kappa shape index (κ3) is 6.73. The van der Waals surface area contributed by atoms with Crippen molar-refractivity contribution >= 4 is 20.0 Å². The van der Waals surface area contributed by atoms with Crippen LogP contribution in [0.25, 0.3) is 0 Å². The van der Waals surface area contributed by atoms with E-state index in [0.29, 0.717) is 5.56 Å². The summed E-state index contributed by atoms with van der Waals surface area (Å²) in [5.41, 5.74) is 1.77. The third-order valence-corrected chi connectivity index (χ3v) is 6.62. The van der Waals surface area contributed by atoms with Crippen LogP contribution in [0.2, 0.25) is 0 Å². The van der Waals surface area contributed by atoms with Crippen molar-refractivity contribution in [3.63, 3.8) is 0 Å². The molecule has 0 bridgehead atoms. The minimum absolute atomic E-state index is 0.0105. The summed E-state index contributed by atoms with van der Waals surface area (Å²) in [6, 6.07) is 12.7. The molecule has 0 atom stereocenters. The Bertz CT molecular complexity index is 936. The van der Waals surface area contributed by atoms with Gasteiger partial charge in [-0.2, -0.15) is 0 Å². The molecule has 2 aromatic carbocycles. The van der Waals surface area contributed by atoms with Crippen LogP contribution in [-0.2, 0) is 33.0 Å². The van der Waals surface area contributed by atoms with Crippen LogP contribution in [0, 0.1) is 0 Å². The van der Waals surface area contributed by atoms with Gasteiger partial charge in [0, 0.05) is 6.54 Å². The summed E-state index contributed by atoms with van der Waals surface area (Å²) < 4.78 is 49.8. The van der Waals surface area contributed by atoms with E-state index < -0.39 is 20.0 Å². The molecular formula is C19H26N2O4S2. The van der Waals surface area contributed by atoms with Gasteiger partial charge in [0.15, 0.2) is 0 Å². The summed E-state index contributed by atoms with van der Waals surface area (Å²) in [4.78, 5) is 0.199. The van der Waals surface area contributed by atoms with Crippen LogP contribution in [0.4, 0.5) is 0 Å². The molecule has 6 nitrogen and oxygen atoms in total. The monoisotopic (exact) mass is 410 g/mol. The number of aryl methyl sites for hydroxylation is 1. The number of primary sulfonamides is 1. The highest BCUT2D eigenvalue weighted by molar-refractivity contribution is 7.89. The SMILES string of the molecule is CCCCCCc1ccc(S(=O)(=O)NCc2ccc(S(N)(=O)=O)cc2)cc1. The van der Waals surface area contributed by atoms with Gasteiger partial charge in [-0.25, -0.2) is 26.7 Å². The molecule has 148 valence electrons. The molecule has 0 radical (unpaired) electrons. The normalized spacial score (nSPS) is 12.2. The maximum Gasteiger partial charge on any atom is 0.240 e. The highest BCUT2D eigenvalue weighted by Crippen LogP contribution is 2.14. The van der Waals surface area contributed by atoms with Crippen LogP contribution >= 0.6 is 0 Å². The number of benzene rings is 2. The van der Waals surface area contributed by atoms with Crippen molar-refractivity contribution < 1.29 is 16.8 Å². The van der Waals surface area contributed by atoms with Crippen molar-refractivity contribution in [3.05, 3.63) is 59.7 Å². The van der Waals surface area contributed by atoms with Crippen molar-refractivity contribution in [2.75, 3.05) is 0 Å². The van der Waals surface area contributed by atoms with Crippen LogP contribution in [0.15, 0.2) is 58.3 Å². The Kier molecular flexibility index (Phi) is 7.55. The van der Waals surface area contributed by atoms with Gasteiger partial charge in [0.2, 0.25) is 20.0 Å². The summed E-state index contributed by atoms with van der Waals surface area (Å²) in [6.07, 6.45) is 5.64. The largest absolute Gasteiger partial charge is 0.240 e. The lowest BCUT2D eigenvalue weighted by molar-refractivity contribution is 0.581. The van der Waals surface area contributed by atoms with Crippen LogP contribution in [-0.4, -0.2) is 16.8 Å². The van der Waals surface area contributed by atoms with Gasteiger partial charge in [-0.05, 0) is 48.2 Å². The predicted octanol–water partition coefficient (Wildman–Crippen LogP) is 2.94. The Labute approximate surface area is 161 Å². The van der Waals surface area contributed by atoms with Gasteiger partial charge >= 0.3 is 0 Å². The van der Waals surface area contributed by atoms with Gasteiger partial charge in [-0.15, -0.1) is 0 Å². The molecule has 0 saturated heterocycles. The molecule has 27 heavy (non-hydrogen) atoms. The minimum Gasteiger partial charge on any atom is -0.225 e. The number of hydrogen-bond acceptors (Lipinski definition) is 4. The summed E-state index contributed by atoms with van der Waals surface area (Å²) >= 11 is 0. The molecule has 0 unspecified atom stereocenters. The number of hydrogen-bond donors (Lipinski definition) is 2. The third-order valence-electron chi connectivity index (χ3n) is 4.27. The van der Waals surface area contributed by atoms with Crippen LogP contribution in [0.5, 0.6) is 0 Å². The zero-order valence-electron chi connectivity index (χ0n) is 15.4. The Balaban J connectivity index is 1.95. The second-order valence-corrected chi connectivity index (χ2v) is 9.80. The second kappa shape index (κ2) is 9.45. The molecule has 0 spiro atoms. The maximum atomic E-state index is 12.4. The smallest absolute Gasteiger partial charge is 0.225 e. The van der Waals surface area contributed by atoms with Crippen LogP contribution in [0.3, 0.4) is 0 Å². The van der Waals surface area contributed by atoms with Crippen LogP contribution < -0.4 is 9.86 Å². The van der Waals surface area contributed by atoms with Gasteiger partial charge in [0.1, 0.15) is 0 Å². The number of nitrogens with one attached hydrogen (secondary N) is 1. The van der Waals surface area contributed by atoms with Gasteiger partial charge in [0.05, 0.1) is 9.79 Å². The highest BCUT2D eigenvalue weighted by Gasteiger charge is 2.14. The van der Waals surface area contributed by atoms with Crippen molar-refractivity contribution in [2.45, 2.75) is 55.4 Å². The average Bonchev–Trinajstić information content (AvgIpc) is 2.64. The topological polar surface area (TPSA) is 106 Å². The molecule has 3 N–H and O–H groups in total. The molecule has 0 aliphatic heterocycles. The first kappa shape index (κ1) is 21.6. The first-order valence-corrected chi connectivity index (χ1v) is 12.0. The Morgan fingerprint density at radius 3 is 1.89 bits per heavy atom. The summed E-state index contributed by atoms with van der Waals surface area (Å²) in [6.45, 7) is 2.23. The summed E-state index contributed by atoms with van der Waals surface area (Å²) in [5.74, 6) is 0. The molecule has 0 aliphatic rings. The molecule has 2 aromatic rings. The zero-order valence-corrected chi connectivity index (χ0v) is 17.0. The van der Waals surface area contributed by atoms with Crippen LogP contribution in [0.1, 0.15) is 43.7 Å². The van der Waals surface area contributed by atoms with Crippen molar-refractivity contribution in [1.82, 2.24) is 4.72 Å². The average molecular weight is 411 g/mol. The number of sulfonamides is 2. The van der Waals surface area contributed by atoms with Gasteiger partial charge in [-0.3, -0.25) is 0 Å². The van der Waals surface area contributed by atoms with E-state index in [4.69, 9.17) is 5.14 Å². The molecule has 0 amide bonds. The van der Waals surface area contributed by atoms with E-state index in [9.17, 15) is 16.8 Å². The van der Waals surface area contributed by atoms with Gasteiger partial charge in [-0.1, -0.05) is 50.5 Å². The van der Waals surface area contributed by atoms with Crippen molar-refractivity contribution in [2.24, 2.45) is 5.14 Å². The fraction of sp³-hybridized carbons (Fsp3) is 0.368. The first-order chi connectivity index (χ1) is 12.7. The fourth-order valence-electron chi connectivity index (χ4n) is 2.65. The van der Waals surface area contributed by atoms with E-state index in [1.54, 1.807) is 12.1 Å². The Morgan fingerprint density at radius 2 is 1.33 bits per heavy atom. The summed E-state index contributed by atoms with van der Waals surface area (Å²) in [5, 5.41) is 5.04. The minimum atomic E-state index is -3.76. The van der Waals surface area contributed by atoms with E-state index in [1.807, 2.05) is 12.1 Å². The molecular weight excluding hydrogens is 384 g/mol. The van der Waals surface area contributed by atoms with E-state index in [0.717, 1.165) is 18.4 Å². The molecule has 0 fully saturated rings. The van der Waals surface area contributed by atoms with E-state index in [1.165, 1.54) is 43.5 Å². The predicted molar refractivity (Wildman–Crippen MR) is 106 cm³/mol. The van der Waals surface area contributed by atoms with Crippen molar-refractivity contribution in [3.8, 4) is 0 Å². The lowest BCUT2D eigenvalue weighted by Crippen LogP contribution is -2.23. The van der Waals surface area contributed by atoms with Crippen molar-refractivity contribution in [1.29, 1.82) is 0 Å². The molecule has 0 aliphatic carbocycles.